The molecular formula is C18H24F2N4O2S. The molecule has 0 unspecified atom stereocenters. The first-order chi connectivity index (χ1) is 12.9. The van der Waals surface area contributed by atoms with Gasteiger partial charge in [0.2, 0.25) is 0 Å². The topological polar surface area (TPSA) is 67.8 Å². The van der Waals surface area contributed by atoms with E-state index < -0.39 is 6.61 Å². The lowest BCUT2D eigenvalue weighted by molar-refractivity contribution is -0.0504. The Bertz CT molecular complexity index is 781. The second-order valence-corrected chi connectivity index (χ2v) is 6.98. The first kappa shape index (κ1) is 20.9. The van der Waals surface area contributed by atoms with Crippen molar-refractivity contribution in [2.45, 2.75) is 33.4 Å². The second kappa shape index (κ2) is 10.1. The molecule has 0 fully saturated rings. The Morgan fingerprint density at radius 2 is 2.07 bits per heavy atom. The molecule has 0 atom stereocenters. The number of halogens is 2. The molecule has 0 spiro atoms. The van der Waals surface area contributed by atoms with Crippen LogP contribution in [-0.2, 0) is 13.0 Å². The van der Waals surface area contributed by atoms with Gasteiger partial charge in [0.1, 0.15) is 11.5 Å². The summed E-state index contributed by atoms with van der Waals surface area (Å²) in [5.74, 6) is 1.23. The summed E-state index contributed by atoms with van der Waals surface area (Å²) in [6, 6.07) is 4.70. The standard InChI is InChI=1S/C18H24F2N4O2S/c1-11-16(27-12(2)24-11)7-8-22-18(21-3)23-10-13-9-14(25-4)5-6-15(13)26-17(19)20/h5-6,9,17H,7-8,10H2,1-4H3,(H2,21,22,23). The molecule has 2 aromatic rings. The molecule has 0 aliphatic carbocycles. The van der Waals surface area contributed by atoms with Crippen LogP contribution in [0.15, 0.2) is 23.2 Å². The number of benzene rings is 1. The number of rotatable bonds is 8. The van der Waals surface area contributed by atoms with Gasteiger partial charge in [-0.25, -0.2) is 4.98 Å². The van der Waals surface area contributed by atoms with Gasteiger partial charge in [-0.15, -0.1) is 11.3 Å². The second-order valence-electron chi connectivity index (χ2n) is 5.70. The van der Waals surface area contributed by atoms with Crippen LogP contribution in [0, 0.1) is 13.8 Å². The highest BCUT2D eigenvalue weighted by atomic mass is 32.1. The van der Waals surface area contributed by atoms with Gasteiger partial charge in [0.05, 0.1) is 17.8 Å². The number of aryl methyl sites for hydroxylation is 2. The van der Waals surface area contributed by atoms with Crippen molar-refractivity contribution in [1.29, 1.82) is 0 Å². The van der Waals surface area contributed by atoms with Crippen LogP contribution < -0.4 is 20.1 Å². The minimum atomic E-state index is -2.89. The molecule has 1 heterocycles. The zero-order chi connectivity index (χ0) is 19.8. The normalized spacial score (nSPS) is 11.6. The van der Waals surface area contributed by atoms with Crippen molar-refractivity contribution in [3.63, 3.8) is 0 Å². The number of methoxy groups -OCH3 is 1. The maximum Gasteiger partial charge on any atom is 0.387 e. The molecule has 1 aromatic carbocycles. The summed E-state index contributed by atoms with van der Waals surface area (Å²) in [7, 11) is 3.17. The van der Waals surface area contributed by atoms with E-state index in [1.54, 1.807) is 30.5 Å². The molecule has 0 saturated carbocycles. The van der Waals surface area contributed by atoms with E-state index in [9.17, 15) is 8.78 Å². The number of nitrogens with zero attached hydrogens (tertiary/aromatic N) is 2. The molecule has 0 aliphatic rings. The molecule has 0 amide bonds. The molecule has 2 N–H and O–H groups in total. The number of hydrogen-bond donors (Lipinski definition) is 2. The molecule has 1 aromatic heterocycles. The van der Waals surface area contributed by atoms with Crippen LogP contribution in [0.2, 0.25) is 0 Å². The minimum Gasteiger partial charge on any atom is -0.497 e. The summed E-state index contributed by atoms with van der Waals surface area (Å²) in [6.07, 6.45) is 0.830. The summed E-state index contributed by atoms with van der Waals surface area (Å²) in [5, 5.41) is 7.36. The number of nitrogens with one attached hydrogen (secondary N) is 2. The number of alkyl halides is 2. The molecule has 9 heteroatoms. The van der Waals surface area contributed by atoms with Gasteiger partial charge in [-0.2, -0.15) is 8.78 Å². The summed E-state index contributed by atoms with van der Waals surface area (Å²) in [6.45, 7) is 2.04. The number of aliphatic imine (C=N–C) groups is 1. The Morgan fingerprint density at radius 1 is 1.30 bits per heavy atom. The van der Waals surface area contributed by atoms with Crippen LogP contribution in [0.3, 0.4) is 0 Å². The third-order valence-corrected chi connectivity index (χ3v) is 4.93. The van der Waals surface area contributed by atoms with Gasteiger partial charge in [-0.3, -0.25) is 4.99 Å². The van der Waals surface area contributed by atoms with Gasteiger partial charge in [0.25, 0.3) is 0 Å². The average Bonchev–Trinajstić information content (AvgIpc) is 2.95. The lowest BCUT2D eigenvalue weighted by Crippen LogP contribution is -2.38. The van der Waals surface area contributed by atoms with Gasteiger partial charge >= 0.3 is 6.61 Å². The number of ether oxygens (including phenoxy) is 2. The van der Waals surface area contributed by atoms with Crippen molar-refractivity contribution in [1.82, 2.24) is 15.6 Å². The summed E-state index contributed by atoms with van der Waals surface area (Å²) in [4.78, 5) is 9.80. The van der Waals surface area contributed by atoms with E-state index in [1.807, 2.05) is 13.8 Å². The molecule has 0 bridgehead atoms. The first-order valence-corrected chi connectivity index (χ1v) is 9.23. The maximum absolute atomic E-state index is 12.6. The highest BCUT2D eigenvalue weighted by Gasteiger charge is 2.12. The van der Waals surface area contributed by atoms with E-state index in [0.717, 1.165) is 17.1 Å². The zero-order valence-electron chi connectivity index (χ0n) is 15.8. The Labute approximate surface area is 161 Å². The van der Waals surface area contributed by atoms with Crippen molar-refractivity contribution in [3.8, 4) is 11.5 Å². The Morgan fingerprint density at radius 3 is 2.67 bits per heavy atom. The van der Waals surface area contributed by atoms with Crippen LogP contribution in [0.1, 0.15) is 21.1 Å². The van der Waals surface area contributed by atoms with E-state index in [1.165, 1.54) is 18.1 Å². The fourth-order valence-corrected chi connectivity index (χ4v) is 3.47. The molecule has 0 radical (unpaired) electrons. The molecule has 0 aliphatic heterocycles. The molecule has 0 saturated heterocycles. The predicted octanol–water partition coefficient (Wildman–Crippen LogP) is 3.28. The van der Waals surface area contributed by atoms with Crippen molar-refractivity contribution in [3.05, 3.63) is 39.3 Å². The summed E-state index contributed by atoms with van der Waals surface area (Å²) >= 11 is 1.68. The monoisotopic (exact) mass is 398 g/mol. The number of aromatic nitrogens is 1. The van der Waals surface area contributed by atoms with Crippen LogP contribution in [0.5, 0.6) is 11.5 Å². The Balaban J connectivity index is 1.94. The van der Waals surface area contributed by atoms with Gasteiger partial charge < -0.3 is 20.1 Å². The Hall–Kier alpha value is -2.42. The van der Waals surface area contributed by atoms with Crippen molar-refractivity contribution < 1.29 is 18.3 Å². The first-order valence-electron chi connectivity index (χ1n) is 8.42. The summed E-state index contributed by atoms with van der Waals surface area (Å²) in [5.41, 5.74) is 1.60. The van der Waals surface area contributed by atoms with Crippen LogP contribution in [-0.4, -0.2) is 38.3 Å². The predicted molar refractivity (Wildman–Crippen MR) is 103 cm³/mol. The lowest BCUT2D eigenvalue weighted by atomic mass is 10.2. The minimum absolute atomic E-state index is 0.101. The average molecular weight is 398 g/mol. The Kier molecular flexibility index (Phi) is 7.78. The van der Waals surface area contributed by atoms with Gasteiger partial charge in [0.15, 0.2) is 5.96 Å². The van der Waals surface area contributed by atoms with Crippen LogP contribution >= 0.6 is 11.3 Å². The molecular weight excluding hydrogens is 374 g/mol. The van der Waals surface area contributed by atoms with Crippen molar-refractivity contribution >= 4 is 17.3 Å². The highest BCUT2D eigenvalue weighted by Crippen LogP contribution is 2.25. The quantitative estimate of drug-likeness (QED) is 0.528. The van der Waals surface area contributed by atoms with Crippen molar-refractivity contribution in [2.75, 3.05) is 20.7 Å². The fourth-order valence-electron chi connectivity index (χ4n) is 2.53. The number of thiazole rings is 1. The third-order valence-electron chi connectivity index (χ3n) is 3.80. The van der Waals surface area contributed by atoms with Crippen molar-refractivity contribution in [2.24, 2.45) is 4.99 Å². The molecule has 2 rings (SSSR count). The molecule has 27 heavy (non-hydrogen) atoms. The van der Waals surface area contributed by atoms with Gasteiger partial charge in [-0.05, 0) is 32.0 Å². The fraction of sp³-hybridized carbons (Fsp3) is 0.444. The van der Waals surface area contributed by atoms with E-state index >= 15 is 0 Å². The lowest BCUT2D eigenvalue weighted by Gasteiger charge is -2.15. The summed E-state index contributed by atoms with van der Waals surface area (Å²) < 4.78 is 34.9. The van der Waals surface area contributed by atoms with E-state index in [-0.39, 0.29) is 12.3 Å². The van der Waals surface area contributed by atoms with Gasteiger partial charge in [-0.1, -0.05) is 0 Å². The smallest absolute Gasteiger partial charge is 0.387 e. The molecule has 6 nitrogen and oxygen atoms in total. The SMILES string of the molecule is CN=C(NCCc1sc(C)nc1C)NCc1cc(OC)ccc1OC(F)F. The van der Waals surface area contributed by atoms with Crippen LogP contribution in [0.4, 0.5) is 8.78 Å². The van der Waals surface area contributed by atoms with Crippen LogP contribution in [0.25, 0.3) is 0 Å². The number of hydrogen-bond acceptors (Lipinski definition) is 5. The highest BCUT2D eigenvalue weighted by molar-refractivity contribution is 7.11. The largest absolute Gasteiger partial charge is 0.497 e. The number of guanidine groups is 1. The third kappa shape index (κ3) is 6.35. The maximum atomic E-state index is 12.6. The van der Waals surface area contributed by atoms with E-state index in [2.05, 4.69) is 25.3 Å². The molecule has 148 valence electrons. The van der Waals surface area contributed by atoms with E-state index in [0.29, 0.717) is 23.8 Å². The zero-order valence-corrected chi connectivity index (χ0v) is 16.6. The van der Waals surface area contributed by atoms with Gasteiger partial charge in [0, 0.05) is 37.0 Å². The van der Waals surface area contributed by atoms with E-state index in [4.69, 9.17) is 4.74 Å².